The normalized spacial score (nSPS) is 22.2. The molecule has 1 heterocycles. The Morgan fingerprint density at radius 1 is 1.50 bits per heavy atom. The van der Waals surface area contributed by atoms with E-state index in [2.05, 4.69) is 23.9 Å². The van der Waals surface area contributed by atoms with Crippen molar-refractivity contribution < 1.29 is 10.0 Å². The van der Waals surface area contributed by atoms with Gasteiger partial charge in [-0.05, 0) is 20.9 Å². The molecule has 0 bridgehead atoms. The highest BCUT2D eigenvalue weighted by Crippen LogP contribution is 2.19. The van der Waals surface area contributed by atoms with Crippen LogP contribution in [-0.2, 0) is 4.79 Å². The summed E-state index contributed by atoms with van der Waals surface area (Å²) in [5.74, 6) is -0.127. The fourth-order valence-corrected chi connectivity index (χ4v) is 1.76. The lowest BCUT2D eigenvalue weighted by Gasteiger charge is -2.45. The Morgan fingerprint density at radius 2 is 2.12 bits per heavy atom. The topological polar surface area (TPSA) is 82.2 Å². The average Bonchev–Trinajstić information content (AvgIpc) is 2.21. The van der Waals surface area contributed by atoms with Crippen LogP contribution >= 0.6 is 0 Å². The molecule has 1 rings (SSSR count). The summed E-state index contributed by atoms with van der Waals surface area (Å²) in [4.78, 5) is 15.8. The highest BCUT2D eigenvalue weighted by molar-refractivity contribution is 5.98. The number of amides is 1. The average molecular weight is 228 g/mol. The van der Waals surface area contributed by atoms with Gasteiger partial charge < -0.3 is 15.8 Å². The van der Waals surface area contributed by atoms with Crippen LogP contribution in [0.25, 0.3) is 0 Å². The van der Waals surface area contributed by atoms with Crippen molar-refractivity contribution in [3.63, 3.8) is 0 Å². The molecule has 0 atom stereocenters. The molecule has 0 saturated carbocycles. The van der Waals surface area contributed by atoms with Crippen molar-refractivity contribution in [2.24, 2.45) is 10.9 Å². The van der Waals surface area contributed by atoms with Gasteiger partial charge in [-0.3, -0.25) is 9.69 Å². The van der Waals surface area contributed by atoms with Crippen molar-refractivity contribution in [3.8, 4) is 0 Å². The smallest absolute Gasteiger partial charge is 0.230 e. The third-order valence-corrected chi connectivity index (χ3v) is 3.13. The molecule has 0 aromatic rings. The number of amidine groups is 1. The fourth-order valence-electron chi connectivity index (χ4n) is 1.76. The summed E-state index contributed by atoms with van der Waals surface area (Å²) >= 11 is 0. The summed E-state index contributed by atoms with van der Waals surface area (Å²) in [6.07, 6.45) is -0.0176. The Bertz CT molecular complexity index is 301. The predicted molar refractivity (Wildman–Crippen MR) is 61.3 cm³/mol. The number of rotatable bonds is 2. The maximum Gasteiger partial charge on any atom is 0.230 e. The van der Waals surface area contributed by atoms with Crippen LogP contribution in [0.1, 0.15) is 20.3 Å². The monoisotopic (exact) mass is 228 g/mol. The van der Waals surface area contributed by atoms with Gasteiger partial charge in [0.1, 0.15) is 5.84 Å². The summed E-state index contributed by atoms with van der Waals surface area (Å²) in [5.41, 5.74) is 5.29. The Balaban J connectivity index is 2.59. The Morgan fingerprint density at radius 3 is 2.62 bits per heavy atom. The molecular formula is C10H20N4O2. The molecule has 6 nitrogen and oxygen atoms in total. The third-order valence-electron chi connectivity index (χ3n) is 3.13. The second-order valence-electron chi connectivity index (χ2n) is 4.82. The van der Waals surface area contributed by atoms with Crippen LogP contribution in [0.3, 0.4) is 0 Å². The minimum absolute atomic E-state index is 0.0176. The van der Waals surface area contributed by atoms with Gasteiger partial charge in [0.25, 0.3) is 0 Å². The van der Waals surface area contributed by atoms with Gasteiger partial charge in [0.2, 0.25) is 5.91 Å². The first kappa shape index (κ1) is 12.8. The highest BCUT2D eigenvalue weighted by Gasteiger charge is 2.33. The lowest BCUT2D eigenvalue weighted by Crippen LogP contribution is -2.59. The van der Waals surface area contributed by atoms with Gasteiger partial charge in [0, 0.05) is 25.2 Å². The molecule has 1 fully saturated rings. The molecular weight excluding hydrogens is 208 g/mol. The zero-order valence-electron chi connectivity index (χ0n) is 10.1. The fraction of sp³-hybridized carbons (Fsp3) is 0.800. The van der Waals surface area contributed by atoms with Crippen LogP contribution < -0.4 is 5.73 Å². The summed E-state index contributed by atoms with van der Waals surface area (Å²) in [6.45, 7) is 6.39. The molecule has 92 valence electrons. The predicted octanol–water partition coefficient (Wildman–Crippen LogP) is -0.324. The van der Waals surface area contributed by atoms with E-state index in [1.54, 1.807) is 4.90 Å². The number of hydrogen-bond acceptors (Lipinski definition) is 4. The van der Waals surface area contributed by atoms with Gasteiger partial charge in [0.05, 0.1) is 6.42 Å². The number of hydrogen-bond donors (Lipinski definition) is 2. The van der Waals surface area contributed by atoms with Crippen LogP contribution in [0.5, 0.6) is 0 Å². The van der Waals surface area contributed by atoms with Crippen molar-refractivity contribution in [1.82, 2.24) is 9.80 Å². The highest BCUT2D eigenvalue weighted by atomic mass is 16.4. The van der Waals surface area contributed by atoms with E-state index in [1.165, 1.54) is 0 Å². The van der Waals surface area contributed by atoms with E-state index >= 15 is 0 Å². The summed E-state index contributed by atoms with van der Waals surface area (Å²) in [5, 5.41) is 11.2. The second kappa shape index (κ2) is 4.69. The number of piperazine rings is 1. The number of likely N-dealkylation sites (N-methyl/N-ethyl adjacent to an activating group) is 1. The molecule has 1 saturated heterocycles. The Kier molecular flexibility index (Phi) is 3.74. The molecule has 0 aliphatic carbocycles. The van der Waals surface area contributed by atoms with Crippen LogP contribution in [0.2, 0.25) is 0 Å². The standard InChI is InChI=1S/C10H20N4O2/c1-10(2)7-14(5-4-13(10)3)9(15)6-8(11)12-16/h16H,4-7H2,1-3H3,(H2,11,12). The van der Waals surface area contributed by atoms with E-state index < -0.39 is 0 Å². The van der Waals surface area contributed by atoms with Crippen molar-refractivity contribution in [2.45, 2.75) is 25.8 Å². The molecule has 1 aliphatic rings. The van der Waals surface area contributed by atoms with Crippen LogP contribution in [0.4, 0.5) is 0 Å². The first-order valence-corrected chi connectivity index (χ1v) is 5.32. The minimum atomic E-state index is -0.0866. The van der Waals surface area contributed by atoms with E-state index in [-0.39, 0.29) is 23.7 Å². The largest absolute Gasteiger partial charge is 0.409 e. The molecule has 1 aliphatic heterocycles. The van der Waals surface area contributed by atoms with Crippen molar-refractivity contribution in [2.75, 3.05) is 26.7 Å². The molecule has 16 heavy (non-hydrogen) atoms. The van der Waals surface area contributed by atoms with Crippen LogP contribution in [0, 0.1) is 0 Å². The van der Waals surface area contributed by atoms with Gasteiger partial charge in [-0.15, -0.1) is 0 Å². The number of nitrogens with zero attached hydrogens (tertiary/aromatic N) is 3. The van der Waals surface area contributed by atoms with Gasteiger partial charge in [-0.1, -0.05) is 5.16 Å². The zero-order valence-corrected chi connectivity index (χ0v) is 10.1. The third kappa shape index (κ3) is 2.85. The van der Waals surface area contributed by atoms with E-state index in [1.807, 2.05) is 7.05 Å². The second-order valence-corrected chi connectivity index (χ2v) is 4.82. The van der Waals surface area contributed by atoms with Gasteiger partial charge in [-0.25, -0.2) is 0 Å². The molecule has 0 aromatic heterocycles. The van der Waals surface area contributed by atoms with E-state index in [0.29, 0.717) is 13.1 Å². The molecule has 0 spiro atoms. The van der Waals surface area contributed by atoms with Crippen molar-refractivity contribution in [3.05, 3.63) is 0 Å². The minimum Gasteiger partial charge on any atom is -0.409 e. The lowest BCUT2D eigenvalue weighted by atomic mass is 9.99. The number of carbonyl (C=O) groups excluding carboxylic acids is 1. The molecule has 3 N–H and O–H groups in total. The molecule has 0 unspecified atom stereocenters. The Hall–Kier alpha value is -1.30. The van der Waals surface area contributed by atoms with Crippen molar-refractivity contribution >= 4 is 11.7 Å². The molecule has 6 heteroatoms. The number of nitrogens with two attached hydrogens (primary N) is 1. The Labute approximate surface area is 95.7 Å². The van der Waals surface area contributed by atoms with Gasteiger partial charge >= 0.3 is 0 Å². The molecule has 1 amide bonds. The van der Waals surface area contributed by atoms with Gasteiger partial charge in [-0.2, -0.15) is 0 Å². The summed E-state index contributed by atoms with van der Waals surface area (Å²) in [7, 11) is 2.05. The maximum absolute atomic E-state index is 11.8. The number of oxime groups is 1. The zero-order chi connectivity index (χ0) is 12.3. The van der Waals surface area contributed by atoms with Crippen LogP contribution in [0.15, 0.2) is 5.16 Å². The SMILES string of the molecule is CN1CCN(C(=O)CC(N)=NO)CC1(C)C. The van der Waals surface area contributed by atoms with Gasteiger partial charge in [0.15, 0.2) is 0 Å². The summed E-state index contributed by atoms with van der Waals surface area (Å²) in [6, 6.07) is 0. The molecule has 0 radical (unpaired) electrons. The van der Waals surface area contributed by atoms with E-state index in [0.717, 1.165) is 6.54 Å². The first-order valence-electron chi connectivity index (χ1n) is 5.32. The quantitative estimate of drug-likeness (QED) is 0.293. The summed E-state index contributed by atoms with van der Waals surface area (Å²) < 4.78 is 0. The van der Waals surface area contributed by atoms with E-state index in [9.17, 15) is 4.79 Å². The maximum atomic E-state index is 11.8. The molecule has 0 aromatic carbocycles. The first-order chi connectivity index (χ1) is 7.36. The van der Waals surface area contributed by atoms with Crippen molar-refractivity contribution in [1.29, 1.82) is 0 Å². The number of carbonyl (C=O) groups is 1. The van der Waals surface area contributed by atoms with Crippen LogP contribution in [-0.4, -0.2) is 59.0 Å². The lowest BCUT2D eigenvalue weighted by molar-refractivity contribution is -0.134. The van der Waals surface area contributed by atoms with E-state index in [4.69, 9.17) is 10.9 Å².